The van der Waals surface area contributed by atoms with Crippen molar-refractivity contribution in [1.82, 2.24) is 5.32 Å². The highest BCUT2D eigenvalue weighted by Gasteiger charge is 2.73. The molecule has 0 saturated carbocycles. The lowest BCUT2D eigenvalue weighted by Crippen LogP contribution is -2.54. The van der Waals surface area contributed by atoms with E-state index >= 15 is 0 Å². The molecule has 0 aromatic heterocycles. The highest BCUT2D eigenvalue weighted by atomic mass is 35.5. The van der Waals surface area contributed by atoms with E-state index in [4.69, 9.17) is 21.1 Å². The first kappa shape index (κ1) is 23.5. The van der Waals surface area contributed by atoms with E-state index in [1.165, 1.54) is 4.90 Å². The minimum atomic E-state index is -1.35. The molecule has 182 valence electrons. The van der Waals surface area contributed by atoms with E-state index in [1.54, 1.807) is 37.3 Å². The van der Waals surface area contributed by atoms with E-state index in [2.05, 4.69) is 5.32 Å². The zero-order valence-corrected chi connectivity index (χ0v) is 19.8. The third kappa shape index (κ3) is 3.64. The quantitative estimate of drug-likeness (QED) is 0.450. The molecule has 3 heterocycles. The van der Waals surface area contributed by atoms with Gasteiger partial charge in [0.2, 0.25) is 11.8 Å². The molecule has 2 bridgehead atoms. The predicted molar refractivity (Wildman–Crippen MR) is 127 cm³/mol. The third-order valence-corrected chi connectivity index (χ3v) is 7.26. The summed E-state index contributed by atoms with van der Waals surface area (Å²) in [6.45, 7) is 1.66. The topological polar surface area (TPSA) is 105 Å². The maximum atomic E-state index is 14.0. The van der Waals surface area contributed by atoms with Gasteiger partial charge in [-0.25, -0.2) is 0 Å². The van der Waals surface area contributed by atoms with Crippen LogP contribution in [0.5, 0.6) is 0 Å². The van der Waals surface area contributed by atoms with Gasteiger partial charge in [0, 0.05) is 17.1 Å². The fourth-order valence-corrected chi connectivity index (χ4v) is 5.68. The minimum Gasteiger partial charge on any atom is -0.466 e. The number of halogens is 1. The monoisotopic (exact) mass is 496 g/mol. The van der Waals surface area contributed by atoms with Gasteiger partial charge in [0.05, 0.1) is 30.9 Å². The maximum Gasteiger partial charge on any atom is 0.312 e. The van der Waals surface area contributed by atoms with Gasteiger partial charge in [-0.1, -0.05) is 60.2 Å². The van der Waals surface area contributed by atoms with Crippen molar-refractivity contribution in [2.24, 2.45) is 11.8 Å². The van der Waals surface area contributed by atoms with Crippen LogP contribution in [0.4, 0.5) is 5.69 Å². The number of hydrogen-bond donors (Lipinski definition) is 2. The number of ether oxygens (including phenoxy) is 2. The number of aliphatic hydroxyl groups excluding tert-OH is 1. The fourth-order valence-electron chi connectivity index (χ4n) is 5.45. The van der Waals surface area contributed by atoms with E-state index in [1.807, 2.05) is 30.3 Å². The summed E-state index contributed by atoms with van der Waals surface area (Å²) in [4.78, 5) is 41.9. The van der Waals surface area contributed by atoms with Crippen LogP contribution in [0.15, 0.2) is 60.7 Å². The Labute approximate surface area is 207 Å². The van der Waals surface area contributed by atoms with Gasteiger partial charge in [0.25, 0.3) is 0 Å². The van der Waals surface area contributed by atoms with Crippen molar-refractivity contribution in [3.05, 3.63) is 76.8 Å². The number of esters is 1. The Balaban J connectivity index is 1.58. The first-order valence-corrected chi connectivity index (χ1v) is 11.9. The Morgan fingerprint density at radius 2 is 1.97 bits per heavy atom. The molecule has 2 amide bonds. The highest BCUT2D eigenvalue weighted by molar-refractivity contribution is 6.32. The van der Waals surface area contributed by atoms with Crippen LogP contribution >= 0.6 is 11.6 Å². The van der Waals surface area contributed by atoms with Crippen molar-refractivity contribution in [2.75, 3.05) is 11.5 Å². The maximum absolute atomic E-state index is 14.0. The van der Waals surface area contributed by atoms with Gasteiger partial charge in [-0.3, -0.25) is 19.3 Å². The number of rotatable bonds is 7. The first-order valence-electron chi connectivity index (χ1n) is 11.5. The van der Waals surface area contributed by atoms with Gasteiger partial charge in [-0.05, 0) is 24.6 Å². The molecule has 3 aliphatic rings. The summed E-state index contributed by atoms with van der Waals surface area (Å²) in [6, 6.07) is 13.1. The van der Waals surface area contributed by atoms with Gasteiger partial charge in [0.1, 0.15) is 17.6 Å². The van der Waals surface area contributed by atoms with Gasteiger partial charge in [-0.2, -0.15) is 0 Å². The lowest BCUT2D eigenvalue weighted by atomic mass is 9.74. The number of amides is 2. The number of benzene rings is 2. The van der Waals surface area contributed by atoms with Gasteiger partial charge >= 0.3 is 5.97 Å². The number of carbonyl (C=O) groups excluding carboxylic acids is 3. The zero-order valence-electron chi connectivity index (χ0n) is 19.0. The summed E-state index contributed by atoms with van der Waals surface area (Å²) in [6.07, 6.45) is 2.77. The predicted octanol–water partition coefficient (Wildman–Crippen LogP) is 2.37. The van der Waals surface area contributed by atoms with Crippen LogP contribution in [-0.2, 0) is 37.0 Å². The first-order chi connectivity index (χ1) is 16.9. The molecule has 2 unspecified atom stereocenters. The van der Waals surface area contributed by atoms with E-state index in [0.29, 0.717) is 11.3 Å². The van der Waals surface area contributed by atoms with Crippen molar-refractivity contribution < 1.29 is 29.0 Å². The molecule has 3 aliphatic heterocycles. The Morgan fingerprint density at radius 1 is 1.20 bits per heavy atom. The van der Waals surface area contributed by atoms with Crippen molar-refractivity contribution >= 4 is 35.1 Å². The fraction of sp³-hybridized carbons (Fsp3) is 0.346. The van der Waals surface area contributed by atoms with Crippen LogP contribution in [0.1, 0.15) is 18.1 Å². The van der Waals surface area contributed by atoms with Crippen molar-refractivity contribution in [2.45, 2.75) is 37.8 Å². The van der Waals surface area contributed by atoms with Gasteiger partial charge in [0.15, 0.2) is 0 Å². The summed E-state index contributed by atoms with van der Waals surface area (Å²) in [5.41, 5.74) is 0.151. The summed E-state index contributed by atoms with van der Waals surface area (Å²) in [7, 11) is 0. The Bertz CT molecular complexity index is 1200. The van der Waals surface area contributed by atoms with E-state index in [9.17, 15) is 19.5 Å². The molecule has 35 heavy (non-hydrogen) atoms. The number of carbonyl (C=O) groups is 3. The molecular weight excluding hydrogens is 472 g/mol. The summed E-state index contributed by atoms with van der Waals surface area (Å²) in [5.74, 6) is -3.26. The van der Waals surface area contributed by atoms with Crippen LogP contribution in [-0.4, -0.2) is 47.2 Å². The smallest absolute Gasteiger partial charge is 0.312 e. The van der Waals surface area contributed by atoms with Crippen LogP contribution in [0.2, 0.25) is 5.02 Å². The number of nitrogens with one attached hydrogen (secondary N) is 1. The summed E-state index contributed by atoms with van der Waals surface area (Å²) in [5, 5.41) is 13.2. The molecule has 9 heteroatoms. The Hall–Kier alpha value is -3.20. The lowest BCUT2D eigenvalue weighted by molar-refractivity contribution is -0.151. The van der Waals surface area contributed by atoms with Gasteiger partial charge in [-0.15, -0.1) is 0 Å². The van der Waals surface area contributed by atoms with Crippen molar-refractivity contribution in [1.29, 1.82) is 0 Å². The second kappa shape index (κ2) is 9.11. The molecule has 2 aromatic rings. The molecular formula is C26H25ClN2O6. The van der Waals surface area contributed by atoms with Crippen LogP contribution in [0.3, 0.4) is 0 Å². The average molecular weight is 497 g/mol. The average Bonchev–Trinajstić information content (AvgIpc) is 3.50. The second-order valence-electron chi connectivity index (χ2n) is 8.76. The van der Waals surface area contributed by atoms with Crippen LogP contribution in [0, 0.1) is 11.8 Å². The summed E-state index contributed by atoms with van der Waals surface area (Å²) >= 11 is 6.32. The second-order valence-corrected chi connectivity index (χ2v) is 9.17. The third-order valence-electron chi connectivity index (χ3n) is 6.90. The van der Waals surface area contributed by atoms with Crippen LogP contribution in [0.25, 0.3) is 0 Å². The zero-order chi connectivity index (χ0) is 24.7. The number of fused-ring (bicyclic) bond motifs is 1. The number of nitrogens with zero attached hydrogens (tertiary/aromatic N) is 1. The molecule has 0 aliphatic carbocycles. The van der Waals surface area contributed by atoms with Crippen molar-refractivity contribution in [3.63, 3.8) is 0 Å². The molecule has 2 fully saturated rings. The molecule has 2 saturated heterocycles. The molecule has 0 radical (unpaired) electrons. The number of hydrogen-bond acceptors (Lipinski definition) is 6. The Kier molecular flexibility index (Phi) is 6.13. The van der Waals surface area contributed by atoms with E-state index in [-0.39, 0.29) is 18.2 Å². The number of anilines is 1. The van der Waals surface area contributed by atoms with Crippen molar-refractivity contribution in [3.8, 4) is 0 Å². The molecule has 2 aromatic carbocycles. The molecule has 1 spiro atoms. The highest BCUT2D eigenvalue weighted by Crippen LogP contribution is 2.56. The minimum absolute atomic E-state index is 0.160. The Morgan fingerprint density at radius 3 is 2.69 bits per heavy atom. The van der Waals surface area contributed by atoms with Gasteiger partial charge < -0.3 is 19.9 Å². The van der Waals surface area contributed by atoms with Crippen LogP contribution < -0.4 is 10.2 Å². The molecule has 2 N–H and O–H groups in total. The SMILES string of the molecule is CCOC(=O)[C@H]1C2C=CC3(O2)[C@@H]1C(=O)N(c1cccc(Cl)c1CO)[C@@H]3C(=O)NCc1ccccc1. The number of aliphatic hydroxyl groups is 1. The molecule has 5 rings (SSSR count). The molecule has 5 atom stereocenters. The normalized spacial score (nSPS) is 28.3. The van der Waals surface area contributed by atoms with E-state index < -0.39 is 54.0 Å². The summed E-state index contributed by atoms with van der Waals surface area (Å²) < 4.78 is 11.5. The standard InChI is InChI=1S/C26H25ClN2O6/c1-2-34-25(33)20-19-11-12-26(35-19)21(20)24(32)29(18-10-6-9-17(27)16(18)14-30)22(26)23(31)28-13-15-7-4-3-5-8-15/h3-12,19-22,30H,2,13-14H2,1H3,(H,28,31)/t19?,20-,21-,22+,26?/m0/s1. The largest absolute Gasteiger partial charge is 0.466 e. The molecule has 8 nitrogen and oxygen atoms in total. The van der Waals surface area contributed by atoms with E-state index in [0.717, 1.165) is 5.56 Å². The lowest BCUT2D eigenvalue weighted by Gasteiger charge is -2.33.